The minimum atomic E-state index is -0.602. The van der Waals surface area contributed by atoms with Crippen molar-refractivity contribution in [1.82, 2.24) is 4.90 Å². The van der Waals surface area contributed by atoms with E-state index in [-0.39, 0.29) is 24.9 Å². The van der Waals surface area contributed by atoms with Crippen LogP contribution in [0.25, 0.3) is 0 Å². The number of ketones is 1. The average Bonchev–Trinajstić information content (AvgIpc) is 2.77. The van der Waals surface area contributed by atoms with Crippen LogP contribution in [0.5, 0.6) is 5.75 Å². The molecule has 0 aromatic heterocycles. The summed E-state index contributed by atoms with van der Waals surface area (Å²) in [5, 5.41) is 0. The van der Waals surface area contributed by atoms with Gasteiger partial charge in [-0.25, -0.2) is 4.79 Å². The first-order valence-corrected chi connectivity index (χ1v) is 9.39. The molecule has 2 aromatic rings. The lowest BCUT2D eigenvalue weighted by molar-refractivity contribution is -0.154. The van der Waals surface area contributed by atoms with Crippen molar-refractivity contribution in [2.24, 2.45) is 0 Å². The van der Waals surface area contributed by atoms with Crippen molar-refractivity contribution in [2.75, 3.05) is 26.3 Å². The van der Waals surface area contributed by atoms with Gasteiger partial charge in [0.2, 0.25) is 0 Å². The molecule has 0 spiro atoms. The van der Waals surface area contributed by atoms with Gasteiger partial charge in [-0.1, -0.05) is 30.3 Å². The van der Waals surface area contributed by atoms with E-state index in [1.807, 2.05) is 18.2 Å². The maximum atomic E-state index is 12.4. The van der Waals surface area contributed by atoms with Gasteiger partial charge in [0.1, 0.15) is 5.75 Å². The Kier molecular flexibility index (Phi) is 6.78. The third-order valence-corrected chi connectivity index (χ3v) is 4.57. The van der Waals surface area contributed by atoms with Crippen LogP contribution in [0, 0.1) is 0 Å². The molecule has 0 atom stereocenters. The van der Waals surface area contributed by atoms with E-state index in [1.165, 1.54) is 0 Å². The van der Waals surface area contributed by atoms with Crippen LogP contribution in [0.2, 0.25) is 0 Å². The molecule has 28 heavy (non-hydrogen) atoms. The molecule has 0 aliphatic carbocycles. The first kappa shape index (κ1) is 19.6. The van der Waals surface area contributed by atoms with E-state index in [1.54, 1.807) is 41.3 Å². The molecule has 6 heteroatoms. The minimum absolute atomic E-state index is 0.0808. The fraction of sp³-hybridized carbons (Fsp3) is 0.318. The Morgan fingerprint density at radius 2 is 1.43 bits per heavy atom. The molecule has 1 aliphatic rings. The fourth-order valence-corrected chi connectivity index (χ4v) is 3.02. The van der Waals surface area contributed by atoms with Gasteiger partial charge in [-0.05, 0) is 43.5 Å². The van der Waals surface area contributed by atoms with Crippen LogP contribution < -0.4 is 4.74 Å². The van der Waals surface area contributed by atoms with Gasteiger partial charge in [-0.3, -0.25) is 9.59 Å². The maximum Gasteiger partial charge on any atom is 0.344 e. The number of esters is 1. The van der Waals surface area contributed by atoms with Gasteiger partial charge in [0.05, 0.1) is 0 Å². The summed E-state index contributed by atoms with van der Waals surface area (Å²) in [6.45, 7) is 0.897. The largest absolute Gasteiger partial charge is 0.482 e. The van der Waals surface area contributed by atoms with E-state index in [0.717, 1.165) is 32.4 Å². The van der Waals surface area contributed by atoms with E-state index >= 15 is 0 Å². The number of hydrogen-bond acceptors (Lipinski definition) is 5. The number of likely N-dealkylation sites (tertiary alicyclic amines) is 1. The number of rotatable bonds is 7. The average molecular weight is 381 g/mol. The van der Waals surface area contributed by atoms with Crippen molar-refractivity contribution >= 4 is 17.7 Å². The molecule has 1 saturated heterocycles. The maximum absolute atomic E-state index is 12.4. The lowest BCUT2D eigenvalue weighted by Crippen LogP contribution is -2.38. The van der Waals surface area contributed by atoms with Crippen molar-refractivity contribution in [3.63, 3.8) is 0 Å². The summed E-state index contributed by atoms with van der Waals surface area (Å²) in [6.07, 6.45) is 3.12. The van der Waals surface area contributed by atoms with Crippen molar-refractivity contribution in [2.45, 2.75) is 19.3 Å². The van der Waals surface area contributed by atoms with E-state index < -0.39 is 5.97 Å². The quantitative estimate of drug-likeness (QED) is 0.545. The predicted molar refractivity (Wildman–Crippen MR) is 103 cm³/mol. The third-order valence-electron chi connectivity index (χ3n) is 4.57. The van der Waals surface area contributed by atoms with Crippen LogP contribution in [0.1, 0.15) is 35.2 Å². The topological polar surface area (TPSA) is 72.9 Å². The number of nitrogens with zero attached hydrogens (tertiary/aromatic N) is 1. The van der Waals surface area contributed by atoms with Crippen molar-refractivity contribution in [3.05, 3.63) is 65.7 Å². The van der Waals surface area contributed by atoms with Crippen LogP contribution in [0.4, 0.5) is 0 Å². The first-order chi connectivity index (χ1) is 13.6. The zero-order valence-corrected chi connectivity index (χ0v) is 15.6. The van der Waals surface area contributed by atoms with Crippen LogP contribution in [-0.2, 0) is 14.3 Å². The number of carbonyl (C=O) groups is 3. The summed E-state index contributed by atoms with van der Waals surface area (Å²) in [6, 6.07) is 15.5. The Bertz CT molecular complexity index is 811. The molecule has 0 bridgehead atoms. The lowest BCUT2D eigenvalue weighted by Gasteiger charge is -2.26. The molecule has 0 N–H and O–H groups in total. The number of amides is 1. The second-order valence-electron chi connectivity index (χ2n) is 6.61. The van der Waals surface area contributed by atoms with Crippen LogP contribution in [0.15, 0.2) is 54.6 Å². The second-order valence-corrected chi connectivity index (χ2v) is 6.61. The van der Waals surface area contributed by atoms with Crippen molar-refractivity contribution < 1.29 is 23.9 Å². The monoisotopic (exact) mass is 381 g/mol. The second kappa shape index (κ2) is 9.69. The van der Waals surface area contributed by atoms with Gasteiger partial charge < -0.3 is 14.4 Å². The molecule has 0 unspecified atom stereocenters. The number of piperidine rings is 1. The highest BCUT2D eigenvalue weighted by Crippen LogP contribution is 2.15. The van der Waals surface area contributed by atoms with E-state index in [4.69, 9.17) is 9.47 Å². The van der Waals surface area contributed by atoms with E-state index in [9.17, 15) is 14.4 Å². The molecule has 0 saturated carbocycles. The lowest BCUT2D eigenvalue weighted by atomic mass is 10.0. The predicted octanol–water partition coefficient (Wildman–Crippen LogP) is 2.85. The third kappa shape index (κ3) is 5.42. The molecule has 3 rings (SSSR count). The van der Waals surface area contributed by atoms with Gasteiger partial charge in [0.25, 0.3) is 5.91 Å². The zero-order chi connectivity index (χ0) is 19.8. The zero-order valence-electron chi connectivity index (χ0n) is 15.6. The summed E-state index contributed by atoms with van der Waals surface area (Å²) in [5.74, 6) is -0.404. The van der Waals surface area contributed by atoms with Crippen LogP contribution >= 0.6 is 0 Å². The van der Waals surface area contributed by atoms with Crippen LogP contribution in [-0.4, -0.2) is 48.9 Å². The molecule has 1 amide bonds. The van der Waals surface area contributed by atoms with Gasteiger partial charge in [-0.15, -0.1) is 0 Å². The molecular weight excluding hydrogens is 358 g/mol. The van der Waals surface area contributed by atoms with Crippen molar-refractivity contribution in [3.8, 4) is 5.75 Å². The highest BCUT2D eigenvalue weighted by Gasteiger charge is 2.18. The number of hydrogen-bond donors (Lipinski definition) is 0. The molecule has 1 aliphatic heterocycles. The fourth-order valence-electron chi connectivity index (χ4n) is 3.02. The standard InChI is InChI=1S/C22H23NO5/c24-20(23-13-5-2-6-14-23)15-28-21(25)16-27-19-11-9-18(10-12-19)22(26)17-7-3-1-4-8-17/h1,3-4,7-12H,2,5-6,13-16H2. The minimum Gasteiger partial charge on any atom is -0.482 e. The highest BCUT2D eigenvalue weighted by molar-refractivity contribution is 6.08. The molecule has 1 heterocycles. The normalized spacial score (nSPS) is 13.6. The number of ether oxygens (including phenoxy) is 2. The first-order valence-electron chi connectivity index (χ1n) is 9.39. The smallest absolute Gasteiger partial charge is 0.344 e. The molecule has 2 aromatic carbocycles. The summed E-state index contributed by atoms with van der Waals surface area (Å²) in [7, 11) is 0. The van der Waals surface area contributed by atoms with Gasteiger partial charge in [0, 0.05) is 24.2 Å². The SMILES string of the molecule is O=C(COc1ccc(C(=O)c2ccccc2)cc1)OCC(=O)N1CCCCC1. The molecule has 146 valence electrons. The summed E-state index contributed by atoms with van der Waals surface area (Å²) in [4.78, 5) is 37.8. The number of benzene rings is 2. The van der Waals surface area contributed by atoms with Crippen LogP contribution in [0.3, 0.4) is 0 Å². The summed E-state index contributed by atoms with van der Waals surface area (Å²) < 4.78 is 10.4. The van der Waals surface area contributed by atoms with E-state index in [0.29, 0.717) is 16.9 Å². The Labute approximate surface area is 164 Å². The molecule has 0 radical (unpaired) electrons. The Balaban J connectivity index is 1.43. The van der Waals surface area contributed by atoms with E-state index in [2.05, 4.69) is 0 Å². The summed E-state index contributed by atoms with van der Waals surface area (Å²) in [5.41, 5.74) is 1.14. The molecule has 6 nitrogen and oxygen atoms in total. The Morgan fingerprint density at radius 1 is 0.786 bits per heavy atom. The van der Waals surface area contributed by atoms with Crippen molar-refractivity contribution in [1.29, 1.82) is 0 Å². The Morgan fingerprint density at radius 3 is 2.11 bits per heavy atom. The van der Waals surface area contributed by atoms with Gasteiger partial charge >= 0.3 is 5.97 Å². The number of carbonyl (C=O) groups excluding carboxylic acids is 3. The Hall–Kier alpha value is -3.15. The highest BCUT2D eigenvalue weighted by atomic mass is 16.6. The van der Waals surface area contributed by atoms with Gasteiger partial charge in [0.15, 0.2) is 19.0 Å². The van der Waals surface area contributed by atoms with Gasteiger partial charge in [-0.2, -0.15) is 0 Å². The summed E-state index contributed by atoms with van der Waals surface area (Å²) >= 11 is 0. The molecular formula is C22H23NO5. The molecule has 1 fully saturated rings.